The van der Waals surface area contributed by atoms with Gasteiger partial charge in [0.25, 0.3) is 0 Å². The Hall–Kier alpha value is -1.48. The van der Waals surface area contributed by atoms with Gasteiger partial charge >= 0.3 is 6.03 Å². The Kier molecular flexibility index (Phi) is 4.72. The maximum atomic E-state index is 12.0. The Morgan fingerprint density at radius 3 is 2.68 bits per heavy atom. The molecule has 0 saturated heterocycles. The molecule has 0 aliphatic heterocycles. The van der Waals surface area contributed by atoms with Gasteiger partial charge in [0.05, 0.1) is 0 Å². The van der Waals surface area contributed by atoms with Crippen molar-refractivity contribution < 1.29 is 4.79 Å². The van der Waals surface area contributed by atoms with Crippen molar-refractivity contribution in [2.24, 2.45) is 17.8 Å². The van der Waals surface area contributed by atoms with E-state index in [1.165, 1.54) is 25.7 Å². The fraction of sp³-hybridized carbons (Fsp3) is 0.500. The molecule has 0 aromatic heterocycles. The van der Waals surface area contributed by atoms with Crippen LogP contribution in [0.2, 0.25) is 5.02 Å². The first-order valence-electron chi connectivity index (χ1n) is 8.11. The summed E-state index contributed by atoms with van der Waals surface area (Å²) in [5, 5.41) is 6.57. The Bertz CT molecular complexity index is 555. The number of nitrogens with one attached hydrogen (secondary N) is 2. The van der Waals surface area contributed by atoms with Crippen molar-refractivity contribution in [2.45, 2.75) is 38.6 Å². The number of hydrogen-bond donors (Lipinski definition) is 2. The monoisotopic (exact) mass is 318 g/mol. The first kappa shape index (κ1) is 15.4. The molecular weight excluding hydrogens is 296 g/mol. The smallest absolute Gasteiger partial charge is 0.318 e. The molecular formula is C18H23ClN2O. The van der Waals surface area contributed by atoms with E-state index in [1.54, 1.807) is 6.20 Å². The molecule has 4 heteroatoms. The molecule has 1 aromatic carbocycles. The van der Waals surface area contributed by atoms with Crippen LogP contribution in [0.15, 0.2) is 30.5 Å². The number of halogens is 1. The van der Waals surface area contributed by atoms with Gasteiger partial charge in [0.2, 0.25) is 0 Å². The summed E-state index contributed by atoms with van der Waals surface area (Å²) in [4.78, 5) is 12.0. The normalized spacial score (nSPS) is 28.0. The molecule has 2 amide bonds. The van der Waals surface area contributed by atoms with Gasteiger partial charge in [-0.2, -0.15) is 0 Å². The lowest BCUT2D eigenvalue weighted by molar-refractivity contribution is 0.223. The van der Waals surface area contributed by atoms with Gasteiger partial charge in [-0.05, 0) is 67.7 Å². The van der Waals surface area contributed by atoms with E-state index in [9.17, 15) is 4.79 Å². The molecule has 2 aliphatic rings. The van der Waals surface area contributed by atoms with Gasteiger partial charge in [0, 0.05) is 17.3 Å². The van der Waals surface area contributed by atoms with E-state index in [0.717, 1.165) is 17.4 Å². The van der Waals surface area contributed by atoms with E-state index in [1.807, 2.05) is 30.3 Å². The number of fused-ring (bicyclic) bond motifs is 2. The molecule has 2 bridgehead atoms. The number of urea groups is 1. The Morgan fingerprint density at radius 1 is 1.27 bits per heavy atom. The van der Waals surface area contributed by atoms with Crippen LogP contribution in [0.3, 0.4) is 0 Å². The zero-order valence-electron chi connectivity index (χ0n) is 12.9. The van der Waals surface area contributed by atoms with Gasteiger partial charge in [0.1, 0.15) is 0 Å². The Labute approximate surface area is 137 Å². The highest BCUT2D eigenvalue weighted by Crippen LogP contribution is 2.49. The maximum absolute atomic E-state index is 12.0. The maximum Gasteiger partial charge on any atom is 0.318 e. The van der Waals surface area contributed by atoms with E-state index < -0.39 is 0 Å². The first-order valence-corrected chi connectivity index (χ1v) is 8.49. The number of carbonyl (C=O) groups is 1. The number of benzene rings is 1. The molecule has 3 nitrogen and oxygen atoms in total. The summed E-state index contributed by atoms with van der Waals surface area (Å²) in [5.41, 5.74) is 1.01. The van der Waals surface area contributed by atoms with Crippen LogP contribution in [0.1, 0.15) is 38.2 Å². The zero-order valence-corrected chi connectivity index (χ0v) is 13.6. The van der Waals surface area contributed by atoms with Gasteiger partial charge in [-0.1, -0.05) is 30.2 Å². The van der Waals surface area contributed by atoms with Gasteiger partial charge in [-0.3, -0.25) is 0 Å². The second kappa shape index (κ2) is 6.74. The van der Waals surface area contributed by atoms with Crippen LogP contribution in [0.25, 0.3) is 6.08 Å². The van der Waals surface area contributed by atoms with Crippen LogP contribution >= 0.6 is 11.6 Å². The number of rotatable bonds is 4. The van der Waals surface area contributed by atoms with E-state index >= 15 is 0 Å². The summed E-state index contributed by atoms with van der Waals surface area (Å²) in [6.45, 7) is 2.13. The summed E-state index contributed by atoms with van der Waals surface area (Å²) in [6.07, 6.45) is 8.93. The molecule has 3 rings (SSSR count). The molecule has 2 N–H and O–H groups in total. The third-order valence-electron chi connectivity index (χ3n) is 5.15. The van der Waals surface area contributed by atoms with Crippen LogP contribution in [-0.4, -0.2) is 12.1 Å². The lowest BCUT2D eigenvalue weighted by atomic mass is 9.84. The van der Waals surface area contributed by atoms with E-state index in [0.29, 0.717) is 10.9 Å². The van der Waals surface area contributed by atoms with Crippen molar-refractivity contribution in [1.29, 1.82) is 0 Å². The fourth-order valence-electron chi connectivity index (χ4n) is 4.05. The molecule has 2 saturated carbocycles. The lowest BCUT2D eigenvalue weighted by Crippen LogP contribution is -2.43. The van der Waals surface area contributed by atoms with Crippen molar-refractivity contribution in [2.75, 3.05) is 0 Å². The minimum atomic E-state index is -0.125. The average molecular weight is 319 g/mol. The fourth-order valence-corrected chi connectivity index (χ4v) is 4.18. The summed E-state index contributed by atoms with van der Waals surface area (Å²) >= 11 is 5.84. The van der Waals surface area contributed by atoms with Crippen LogP contribution in [0.4, 0.5) is 4.79 Å². The van der Waals surface area contributed by atoms with Crippen LogP contribution in [0.5, 0.6) is 0 Å². The third kappa shape index (κ3) is 3.64. The number of hydrogen-bond acceptors (Lipinski definition) is 1. The predicted molar refractivity (Wildman–Crippen MR) is 90.6 cm³/mol. The standard InChI is InChI=1S/C18H23ClN2O/c1-12(17-11-14-2-5-15(17)10-14)21-18(22)20-9-8-13-3-6-16(19)7-4-13/h3-4,6-9,12,14-15,17H,2,5,10-11H2,1H3,(H2,20,21,22)/b9-8+. The summed E-state index contributed by atoms with van der Waals surface area (Å²) < 4.78 is 0. The number of amides is 2. The minimum Gasteiger partial charge on any atom is -0.335 e. The molecule has 4 atom stereocenters. The molecule has 22 heavy (non-hydrogen) atoms. The van der Waals surface area contributed by atoms with Crippen LogP contribution in [0, 0.1) is 17.8 Å². The van der Waals surface area contributed by atoms with Crippen molar-refractivity contribution in [3.63, 3.8) is 0 Å². The largest absolute Gasteiger partial charge is 0.335 e. The Morgan fingerprint density at radius 2 is 2.05 bits per heavy atom. The quantitative estimate of drug-likeness (QED) is 0.847. The molecule has 0 radical (unpaired) electrons. The highest BCUT2D eigenvalue weighted by atomic mass is 35.5. The van der Waals surface area contributed by atoms with Gasteiger partial charge in [0.15, 0.2) is 0 Å². The second-order valence-corrected chi connectivity index (χ2v) is 7.07. The van der Waals surface area contributed by atoms with Crippen molar-refractivity contribution in [3.8, 4) is 0 Å². The van der Waals surface area contributed by atoms with Crippen LogP contribution in [-0.2, 0) is 0 Å². The molecule has 0 spiro atoms. The van der Waals surface area contributed by atoms with E-state index in [-0.39, 0.29) is 12.1 Å². The predicted octanol–water partition coefficient (Wildman–Crippen LogP) is 4.43. The average Bonchev–Trinajstić information content (AvgIpc) is 3.12. The molecule has 2 aliphatic carbocycles. The third-order valence-corrected chi connectivity index (χ3v) is 5.41. The minimum absolute atomic E-state index is 0.125. The first-order chi connectivity index (χ1) is 10.6. The highest BCUT2D eigenvalue weighted by molar-refractivity contribution is 6.30. The number of carbonyl (C=O) groups excluding carboxylic acids is 1. The molecule has 2 fully saturated rings. The summed E-state index contributed by atoms with van der Waals surface area (Å²) in [7, 11) is 0. The van der Waals surface area contributed by atoms with Crippen molar-refractivity contribution >= 4 is 23.7 Å². The molecule has 118 valence electrons. The van der Waals surface area contributed by atoms with Gasteiger partial charge < -0.3 is 10.6 Å². The molecule has 1 aromatic rings. The Balaban J connectivity index is 1.45. The van der Waals surface area contributed by atoms with Gasteiger partial charge in [-0.25, -0.2) is 4.79 Å². The van der Waals surface area contributed by atoms with Gasteiger partial charge in [-0.15, -0.1) is 0 Å². The second-order valence-electron chi connectivity index (χ2n) is 6.63. The summed E-state index contributed by atoms with van der Waals surface area (Å²) in [6, 6.07) is 7.61. The molecule has 4 unspecified atom stereocenters. The molecule has 0 heterocycles. The highest BCUT2D eigenvalue weighted by Gasteiger charge is 2.42. The van der Waals surface area contributed by atoms with E-state index in [2.05, 4.69) is 17.6 Å². The van der Waals surface area contributed by atoms with Crippen molar-refractivity contribution in [3.05, 3.63) is 41.1 Å². The SMILES string of the molecule is CC(NC(=O)N/C=C/c1ccc(Cl)cc1)C1CC2CCC1C2. The topological polar surface area (TPSA) is 41.1 Å². The summed E-state index contributed by atoms with van der Waals surface area (Å²) in [5.74, 6) is 2.39. The van der Waals surface area contributed by atoms with Crippen LogP contribution < -0.4 is 10.6 Å². The zero-order chi connectivity index (χ0) is 15.5. The van der Waals surface area contributed by atoms with Crippen molar-refractivity contribution in [1.82, 2.24) is 10.6 Å². The lowest BCUT2D eigenvalue weighted by Gasteiger charge is -2.28. The van der Waals surface area contributed by atoms with E-state index in [4.69, 9.17) is 11.6 Å².